The summed E-state index contributed by atoms with van der Waals surface area (Å²) in [6.07, 6.45) is 6.05. The van der Waals surface area contributed by atoms with E-state index in [1.807, 2.05) is 19.9 Å². The molecule has 0 aliphatic rings. The summed E-state index contributed by atoms with van der Waals surface area (Å²) in [6.45, 7) is 10.8. The monoisotopic (exact) mass is 318 g/mol. The highest BCUT2D eigenvalue weighted by molar-refractivity contribution is 5.90. The Labute approximate surface area is 140 Å². The summed E-state index contributed by atoms with van der Waals surface area (Å²) in [6, 6.07) is 4.10. The number of benzene rings is 1. The van der Waals surface area contributed by atoms with Gasteiger partial charge in [-0.2, -0.15) is 0 Å². The Balaban J connectivity index is 2.90. The van der Waals surface area contributed by atoms with Gasteiger partial charge in [-0.05, 0) is 61.4 Å². The van der Waals surface area contributed by atoms with Crippen LogP contribution in [0, 0.1) is 26.7 Å². The van der Waals surface area contributed by atoms with Gasteiger partial charge in [0, 0.05) is 0 Å². The smallest absolute Gasteiger partial charge is 0.371 e. The summed E-state index contributed by atoms with van der Waals surface area (Å²) in [5, 5.41) is 9.42. The Morgan fingerprint density at radius 1 is 1.17 bits per heavy atom. The molecule has 0 aliphatic heterocycles. The Hall–Kier alpha value is -1.77. The molecule has 1 aromatic carbocycles. The Kier molecular flexibility index (Phi) is 7.87. The number of rotatable bonds is 9. The number of unbranched alkanes of at least 4 members (excludes halogenated alkanes) is 1. The van der Waals surface area contributed by atoms with Crippen molar-refractivity contribution in [3.63, 3.8) is 0 Å². The van der Waals surface area contributed by atoms with Crippen LogP contribution in [0.5, 0.6) is 0 Å². The van der Waals surface area contributed by atoms with Crippen molar-refractivity contribution >= 4 is 12.0 Å². The highest BCUT2D eigenvalue weighted by atomic mass is 16.5. The molecule has 0 saturated heterocycles. The van der Waals surface area contributed by atoms with Gasteiger partial charge in [0.2, 0.25) is 5.76 Å². The lowest BCUT2D eigenvalue weighted by atomic mass is 10.00. The molecule has 0 saturated carbocycles. The van der Waals surface area contributed by atoms with Crippen LogP contribution in [0.3, 0.4) is 0 Å². The summed E-state index contributed by atoms with van der Waals surface area (Å²) in [7, 11) is 0. The molecule has 1 aromatic rings. The minimum Gasteiger partial charge on any atom is -0.486 e. The van der Waals surface area contributed by atoms with Crippen molar-refractivity contribution in [2.75, 3.05) is 6.61 Å². The molecule has 1 rings (SSSR count). The third-order valence-electron chi connectivity index (χ3n) is 4.40. The molecule has 1 unspecified atom stereocenters. The van der Waals surface area contributed by atoms with E-state index in [4.69, 9.17) is 4.74 Å². The largest absolute Gasteiger partial charge is 0.486 e. The fraction of sp³-hybridized carbons (Fsp3) is 0.550. The Morgan fingerprint density at radius 3 is 2.39 bits per heavy atom. The van der Waals surface area contributed by atoms with Crippen LogP contribution in [0.25, 0.3) is 6.08 Å². The second kappa shape index (κ2) is 9.39. The van der Waals surface area contributed by atoms with Gasteiger partial charge < -0.3 is 9.84 Å². The predicted molar refractivity (Wildman–Crippen MR) is 95.5 cm³/mol. The van der Waals surface area contributed by atoms with Crippen molar-refractivity contribution in [2.45, 2.75) is 60.3 Å². The van der Waals surface area contributed by atoms with Crippen LogP contribution in [0.15, 0.2) is 17.9 Å². The van der Waals surface area contributed by atoms with Gasteiger partial charge in [0.05, 0.1) is 6.61 Å². The molecule has 0 radical (unpaired) electrons. The van der Waals surface area contributed by atoms with E-state index < -0.39 is 5.97 Å². The van der Waals surface area contributed by atoms with Gasteiger partial charge in [-0.15, -0.1) is 0 Å². The fourth-order valence-electron chi connectivity index (χ4n) is 2.55. The summed E-state index contributed by atoms with van der Waals surface area (Å²) in [5.41, 5.74) is 4.34. The van der Waals surface area contributed by atoms with E-state index in [0.717, 1.165) is 42.4 Å². The minimum absolute atomic E-state index is 0.0336. The molecule has 0 aliphatic carbocycles. The van der Waals surface area contributed by atoms with Crippen molar-refractivity contribution in [3.05, 3.63) is 40.1 Å². The number of aliphatic carboxylic acids is 1. The van der Waals surface area contributed by atoms with Crippen molar-refractivity contribution in [2.24, 2.45) is 5.92 Å². The third kappa shape index (κ3) is 6.09. The van der Waals surface area contributed by atoms with E-state index in [0.29, 0.717) is 12.5 Å². The molecule has 23 heavy (non-hydrogen) atoms. The van der Waals surface area contributed by atoms with Gasteiger partial charge in [0.25, 0.3) is 0 Å². The number of ether oxygens (including phenoxy) is 1. The van der Waals surface area contributed by atoms with Crippen molar-refractivity contribution in [1.82, 2.24) is 0 Å². The topological polar surface area (TPSA) is 46.5 Å². The first-order valence-corrected chi connectivity index (χ1v) is 8.54. The summed E-state index contributed by atoms with van der Waals surface area (Å²) < 4.78 is 5.64. The summed E-state index contributed by atoms with van der Waals surface area (Å²) in [4.78, 5) is 11.5. The predicted octanol–water partition coefficient (Wildman–Crippen LogP) is 5.27. The van der Waals surface area contributed by atoms with E-state index in [2.05, 4.69) is 26.8 Å². The number of aryl methyl sites for hydroxylation is 3. The standard InChI is InChI=1S/C20H30O3/c1-6-8-9-17(7-2)13-23-19(20(21)22)12-18-11-15(4)14(3)10-16(18)5/h10-12,17H,6-9,13H2,1-5H3,(H,21,22). The molecule has 0 spiro atoms. The molecule has 0 amide bonds. The normalized spacial score (nSPS) is 13.0. The second-order valence-electron chi connectivity index (χ2n) is 6.33. The van der Waals surface area contributed by atoms with E-state index in [1.165, 1.54) is 5.56 Å². The van der Waals surface area contributed by atoms with Crippen molar-refractivity contribution in [3.8, 4) is 0 Å². The molecule has 1 atom stereocenters. The maximum absolute atomic E-state index is 11.5. The van der Waals surface area contributed by atoms with Gasteiger partial charge in [0.1, 0.15) is 0 Å². The SMILES string of the molecule is CCCCC(CC)COC(=Cc1cc(C)c(C)cc1C)C(=O)O. The highest BCUT2D eigenvalue weighted by Gasteiger charge is 2.14. The van der Waals surface area contributed by atoms with E-state index in [1.54, 1.807) is 6.08 Å². The maximum Gasteiger partial charge on any atom is 0.371 e. The minimum atomic E-state index is -1.01. The first-order chi connectivity index (χ1) is 10.9. The number of carbonyl (C=O) groups is 1. The summed E-state index contributed by atoms with van der Waals surface area (Å²) >= 11 is 0. The average Bonchev–Trinajstić information content (AvgIpc) is 2.50. The summed E-state index contributed by atoms with van der Waals surface area (Å²) in [5.74, 6) is -0.558. The Bertz CT molecular complexity index is 558. The Morgan fingerprint density at radius 2 is 1.83 bits per heavy atom. The highest BCUT2D eigenvalue weighted by Crippen LogP contribution is 2.20. The van der Waals surface area contributed by atoms with Crippen LogP contribution >= 0.6 is 0 Å². The quantitative estimate of drug-likeness (QED) is 0.498. The first-order valence-electron chi connectivity index (χ1n) is 8.54. The van der Waals surface area contributed by atoms with Crippen molar-refractivity contribution in [1.29, 1.82) is 0 Å². The van der Waals surface area contributed by atoms with E-state index in [-0.39, 0.29) is 5.76 Å². The van der Waals surface area contributed by atoms with Gasteiger partial charge in [-0.1, -0.05) is 45.2 Å². The van der Waals surface area contributed by atoms with Crippen molar-refractivity contribution < 1.29 is 14.6 Å². The van der Waals surface area contributed by atoms with Crippen LogP contribution in [-0.4, -0.2) is 17.7 Å². The van der Waals surface area contributed by atoms with Gasteiger partial charge in [-0.3, -0.25) is 0 Å². The lowest BCUT2D eigenvalue weighted by Crippen LogP contribution is -2.13. The van der Waals surface area contributed by atoms with Crippen LogP contribution in [0.1, 0.15) is 61.8 Å². The lowest BCUT2D eigenvalue weighted by molar-refractivity contribution is -0.136. The van der Waals surface area contributed by atoms with Gasteiger partial charge in [0.15, 0.2) is 0 Å². The number of carboxylic acid groups (broad SMARTS) is 1. The fourth-order valence-corrected chi connectivity index (χ4v) is 2.55. The van der Waals surface area contributed by atoms with Gasteiger partial charge >= 0.3 is 5.97 Å². The number of carboxylic acids is 1. The van der Waals surface area contributed by atoms with Crippen LogP contribution in [0.2, 0.25) is 0 Å². The molecular weight excluding hydrogens is 288 g/mol. The molecule has 1 N–H and O–H groups in total. The molecule has 3 heteroatoms. The zero-order valence-electron chi connectivity index (χ0n) is 15.1. The molecule has 3 nitrogen and oxygen atoms in total. The molecule has 0 fully saturated rings. The van der Waals surface area contributed by atoms with Crippen LogP contribution in [-0.2, 0) is 9.53 Å². The van der Waals surface area contributed by atoms with Crippen LogP contribution in [0.4, 0.5) is 0 Å². The number of hydrogen-bond donors (Lipinski definition) is 1. The average molecular weight is 318 g/mol. The molecular formula is C20H30O3. The molecule has 0 aromatic heterocycles. The molecule has 0 heterocycles. The lowest BCUT2D eigenvalue weighted by Gasteiger charge is -2.16. The van der Waals surface area contributed by atoms with Crippen LogP contribution < -0.4 is 0 Å². The zero-order valence-corrected chi connectivity index (χ0v) is 15.1. The van der Waals surface area contributed by atoms with E-state index in [9.17, 15) is 9.90 Å². The zero-order chi connectivity index (χ0) is 17.4. The molecule has 128 valence electrons. The second-order valence-corrected chi connectivity index (χ2v) is 6.33. The number of hydrogen-bond acceptors (Lipinski definition) is 2. The van der Waals surface area contributed by atoms with E-state index >= 15 is 0 Å². The maximum atomic E-state index is 11.5. The third-order valence-corrected chi connectivity index (χ3v) is 4.40. The first kappa shape index (κ1) is 19.3. The van der Waals surface area contributed by atoms with Gasteiger partial charge in [-0.25, -0.2) is 4.79 Å². The molecule has 0 bridgehead atoms.